The van der Waals surface area contributed by atoms with Crippen molar-refractivity contribution in [3.8, 4) is 11.1 Å². The Labute approximate surface area is 235 Å². The number of aliphatic imine (C=N–C) groups is 1. The molecular weight excluding hydrogens is 478 g/mol. The van der Waals surface area contributed by atoms with Crippen LogP contribution in [0.4, 0.5) is 0 Å². The van der Waals surface area contributed by atoms with E-state index >= 15 is 0 Å². The van der Waals surface area contributed by atoms with E-state index in [4.69, 9.17) is 0 Å². The third-order valence-corrected chi connectivity index (χ3v) is 7.56. The first-order valence-electron chi connectivity index (χ1n) is 14.0. The molecule has 4 nitrogen and oxygen atoms in total. The van der Waals surface area contributed by atoms with Gasteiger partial charge in [0.15, 0.2) is 0 Å². The van der Waals surface area contributed by atoms with Crippen LogP contribution in [0.15, 0.2) is 72.9 Å². The summed E-state index contributed by atoms with van der Waals surface area (Å²) in [6, 6.07) is 13.9. The van der Waals surface area contributed by atoms with Crippen molar-refractivity contribution in [3.05, 3.63) is 90.3 Å². The fraction of sp³-hybridized carbons (Fsp3) is 0.371. The second-order valence-electron chi connectivity index (χ2n) is 11.1. The topological polar surface area (TPSA) is 46.4 Å². The number of carbonyl (C=O) groups is 1. The molecule has 0 fully saturated rings. The maximum absolute atomic E-state index is 11.2. The highest BCUT2D eigenvalue weighted by molar-refractivity contribution is 6.12. The Morgan fingerprint density at radius 1 is 1.15 bits per heavy atom. The monoisotopic (exact) mass is 523 g/mol. The highest BCUT2D eigenvalue weighted by Gasteiger charge is 2.26. The van der Waals surface area contributed by atoms with Crippen LogP contribution < -0.4 is 5.32 Å². The molecule has 1 unspecified atom stereocenters. The second kappa shape index (κ2) is 13.5. The van der Waals surface area contributed by atoms with Crippen molar-refractivity contribution < 1.29 is 4.79 Å². The molecule has 0 amide bonds. The SMILES string of the molecule is C=CN=C/C(=C\C)c1c(CC(C)(C)CCC=O)c2cc(-c3cc(C)cc(CC(C=C)NC)c3)ccc2n1CC. The number of hydrogen-bond acceptors (Lipinski definition) is 3. The molecule has 1 atom stereocenters. The van der Waals surface area contributed by atoms with Gasteiger partial charge in [-0.1, -0.05) is 62.4 Å². The average molecular weight is 524 g/mol. The fourth-order valence-corrected chi connectivity index (χ4v) is 5.57. The van der Waals surface area contributed by atoms with Crippen LogP contribution in [0.5, 0.6) is 0 Å². The zero-order chi connectivity index (χ0) is 28.6. The third kappa shape index (κ3) is 7.13. The Morgan fingerprint density at radius 3 is 2.54 bits per heavy atom. The zero-order valence-corrected chi connectivity index (χ0v) is 24.7. The van der Waals surface area contributed by atoms with Gasteiger partial charge in [-0.15, -0.1) is 6.58 Å². The number of hydrogen-bond donors (Lipinski definition) is 1. The fourth-order valence-electron chi connectivity index (χ4n) is 5.57. The van der Waals surface area contributed by atoms with E-state index in [9.17, 15) is 4.79 Å². The average Bonchev–Trinajstić information content (AvgIpc) is 3.22. The van der Waals surface area contributed by atoms with E-state index in [0.29, 0.717) is 6.42 Å². The molecule has 0 saturated heterocycles. The lowest BCUT2D eigenvalue weighted by molar-refractivity contribution is -0.108. The van der Waals surface area contributed by atoms with Gasteiger partial charge in [-0.05, 0) is 86.9 Å². The first kappa shape index (κ1) is 30.0. The quantitative estimate of drug-likeness (QED) is 0.132. The summed E-state index contributed by atoms with van der Waals surface area (Å²) >= 11 is 0. The van der Waals surface area contributed by atoms with Crippen molar-refractivity contribution in [1.29, 1.82) is 0 Å². The summed E-state index contributed by atoms with van der Waals surface area (Å²) in [5, 5.41) is 4.59. The molecule has 0 aliphatic rings. The van der Waals surface area contributed by atoms with Gasteiger partial charge in [0.05, 0.1) is 5.69 Å². The lowest BCUT2D eigenvalue weighted by atomic mass is 9.80. The van der Waals surface area contributed by atoms with Gasteiger partial charge in [0, 0.05) is 47.9 Å². The van der Waals surface area contributed by atoms with E-state index in [1.165, 1.54) is 44.4 Å². The van der Waals surface area contributed by atoms with E-state index in [2.05, 4.69) is 105 Å². The first-order valence-corrected chi connectivity index (χ1v) is 14.0. The number of aryl methyl sites for hydroxylation is 2. The minimum absolute atomic E-state index is 0.0314. The summed E-state index contributed by atoms with van der Waals surface area (Å²) < 4.78 is 2.40. The number of rotatable bonds is 14. The first-order chi connectivity index (χ1) is 18.7. The maximum atomic E-state index is 11.2. The van der Waals surface area contributed by atoms with Crippen LogP contribution in [0.1, 0.15) is 62.9 Å². The minimum atomic E-state index is -0.0314. The van der Waals surface area contributed by atoms with E-state index in [0.717, 1.165) is 37.7 Å². The van der Waals surface area contributed by atoms with Crippen LogP contribution in [0, 0.1) is 12.3 Å². The molecule has 0 radical (unpaired) electrons. The predicted octanol–water partition coefficient (Wildman–Crippen LogP) is 8.12. The van der Waals surface area contributed by atoms with Crippen LogP contribution in [0.3, 0.4) is 0 Å². The molecule has 0 aliphatic carbocycles. The molecule has 0 saturated carbocycles. The molecule has 2 aromatic carbocycles. The number of nitrogens with zero attached hydrogens (tertiary/aromatic N) is 2. The largest absolute Gasteiger partial charge is 0.341 e. The second-order valence-corrected chi connectivity index (χ2v) is 11.1. The molecule has 1 N–H and O–H groups in total. The third-order valence-electron chi connectivity index (χ3n) is 7.56. The molecule has 0 aliphatic heterocycles. The molecule has 3 aromatic rings. The van der Waals surface area contributed by atoms with Crippen molar-refractivity contribution in [2.24, 2.45) is 10.4 Å². The molecule has 3 rings (SSSR count). The van der Waals surface area contributed by atoms with Crippen LogP contribution in [-0.2, 0) is 24.2 Å². The molecule has 1 aromatic heterocycles. The van der Waals surface area contributed by atoms with Gasteiger partial charge in [-0.2, -0.15) is 0 Å². The highest BCUT2D eigenvalue weighted by atomic mass is 16.1. The lowest BCUT2D eigenvalue weighted by Gasteiger charge is -2.25. The molecule has 4 heteroatoms. The zero-order valence-electron chi connectivity index (χ0n) is 24.7. The Balaban J connectivity index is 2.27. The number of carbonyl (C=O) groups excluding carboxylic acids is 1. The molecule has 206 valence electrons. The van der Waals surface area contributed by atoms with Crippen molar-refractivity contribution in [2.75, 3.05) is 7.05 Å². The minimum Gasteiger partial charge on any atom is -0.341 e. The predicted molar refractivity (Wildman–Crippen MR) is 170 cm³/mol. The van der Waals surface area contributed by atoms with Crippen LogP contribution in [0.25, 0.3) is 27.6 Å². The number of aldehydes is 1. The number of nitrogens with one attached hydrogen (secondary N) is 1. The van der Waals surface area contributed by atoms with Crippen molar-refractivity contribution >= 4 is 29.0 Å². The lowest BCUT2D eigenvalue weighted by Crippen LogP contribution is -2.24. The maximum Gasteiger partial charge on any atom is 0.120 e. The Kier molecular flexibility index (Phi) is 10.4. The van der Waals surface area contributed by atoms with Gasteiger partial charge in [0.25, 0.3) is 0 Å². The normalized spacial score (nSPS) is 13.2. The summed E-state index contributed by atoms with van der Waals surface area (Å²) in [6.07, 6.45) is 11.8. The van der Waals surface area contributed by atoms with Gasteiger partial charge in [0.2, 0.25) is 0 Å². The summed E-state index contributed by atoms with van der Waals surface area (Å²) in [7, 11) is 1.98. The van der Waals surface area contributed by atoms with Gasteiger partial charge in [-0.3, -0.25) is 4.99 Å². The number of benzene rings is 2. The van der Waals surface area contributed by atoms with Crippen molar-refractivity contribution in [3.63, 3.8) is 0 Å². The highest BCUT2D eigenvalue weighted by Crippen LogP contribution is 2.39. The number of allylic oxidation sites excluding steroid dienone is 2. The van der Waals surface area contributed by atoms with Crippen LogP contribution in [0.2, 0.25) is 0 Å². The molecule has 0 spiro atoms. The van der Waals surface area contributed by atoms with E-state index in [-0.39, 0.29) is 11.5 Å². The Bertz CT molecular complexity index is 1390. The van der Waals surface area contributed by atoms with E-state index in [1.54, 1.807) is 6.20 Å². The smallest absolute Gasteiger partial charge is 0.120 e. The standard InChI is InChI=1S/C35H45N3O/c1-9-27(24-37-11-3)34-32(23-35(6,7)16-13-17-39)31-22-28(14-15-33(31)38(34)12-4)29-19-25(5)18-26(20-29)21-30(10-2)36-8/h9-11,14-15,17-20,22,24,30,36H,2-3,12-13,16,21,23H2,1,4-8H3/b27-9+,37-24?. The molecule has 1 heterocycles. The number of likely N-dealkylation sites (N-methyl/N-ethyl adjacent to an activating group) is 1. The van der Waals surface area contributed by atoms with Crippen molar-refractivity contribution in [2.45, 2.75) is 72.9 Å². The summed E-state index contributed by atoms with van der Waals surface area (Å²) in [5.41, 5.74) is 9.75. The Morgan fingerprint density at radius 2 is 1.92 bits per heavy atom. The van der Waals surface area contributed by atoms with Crippen LogP contribution >= 0.6 is 0 Å². The van der Waals surface area contributed by atoms with E-state index < -0.39 is 0 Å². The summed E-state index contributed by atoms with van der Waals surface area (Å²) in [5.74, 6) is 0. The van der Waals surface area contributed by atoms with E-state index in [1.807, 2.05) is 19.3 Å². The Hall–Kier alpha value is -3.50. The molecular formula is C35H45N3O. The van der Waals surface area contributed by atoms with Gasteiger partial charge >= 0.3 is 0 Å². The summed E-state index contributed by atoms with van der Waals surface area (Å²) in [6.45, 7) is 19.5. The van der Waals surface area contributed by atoms with Crippen LogP contribution in [-0.4, -0.2) is 30.2 Å². The molecule has 39 heavy (non-hydrogen) atoms. The number of fused-ring (bicyclic) bond motifs is 1. The van der Waals surface area contributed by atoms with Crippen molar-refractivity contribution in [1.82, 2.24) is 9.88 Å². The number of aromatic nitrogens is 1. The van der Waals surface area contributed by atoms with Gasteiger partial charge < -0.3 is 14.7 Å². The molecule has 0 bridgehead atoms. The van der Waals surface area contributed by atoms with Gasteiger partial charge in [0.1, 0.15) is 6.29 Å². The van der Waals surface area contributed by atoms with Gasteiger partial charge in [-0.25, -0.2) is 0 Å². The summed E-state index contributed by atoms with van der Waals surface area (Å²) in [4.78, 5) is 15.6.